The molecule has 0 aromatic rings. The molecule has 0 aromatic carbocycles. The molecule has 3 rings (SSSR count). The van der Waals surface area contributed by atoms with Crippen molar-refractivity contribution < 1.29 is 54.4 Å². The van der Waals surface area contributed by atoms with E-state index in [1.54, 1.807) is 6.92 Å². The minimum absolute atomic E-state index is 0.146. The number of esters is 1. The van der Waals surface area contributed by atoms with Crippen molar-refractivity contribution in [3.05, 3.63) is 11.8 Å². The number of ether oxygens (including phenoxy) is 4. The zero-order valence-electron chi connectivity index (χ0n) is 15.4. The van der Waals surface area contributed by atoms with Crippen molar-refractivity contribution in [1.29, 1.82) is 0 Å². The molecule has 11 nitrogen and oxygen atoms in total. The van der Waals surface area contributed by atoms with E-state index < -0.39 is 67.2 Å². The predicted molar refractivity (Wildman–Crippen MR) is 88.1 cm³/mol. The van der Waals surface area contributed by atoms with E-state index in [0.29, 0.717) is 0 Å². The van der Waals surface area contributed by atoms with Crippen LogP contribution in [0.2, 0.25) is 0 Å². The van der Waals surface area contributed by atoms with Crippen molar-refractivity contribution in [2.24, 2.45) is 11.8 Å². The summed E-state index contributed by atoms with van der Waals surface area (Å²) >= 11 is 0. The van der Waals surface area contributed by atoms with Gasteiger partial charge in [-0.3, -0.25) is 0 Å². The van der Waals surface area contributed by atoms with Crippen LogP contribution in [0.15, 0.2) is 11.8 Å². The van der Waals surface area contributed by atoms with Crippen LogP contribution in [0.4, 0.5) is 0 Å². The molecular weight excluding hydrogens is 380 g/mol. The van der Waals surface area contributed by atoms with Crippen molar-refractivity contribution in [2.75, 3.05) is 13.7 Å². The lowest BCUT2D eigenvalue weighted by molar-refractivity contribution is -0.347. The van der Waals surface area contributed by atoms with E-state index in [-0.39, 0.29) is 17.9 Å². The highest BCUT2D eigenvalue weighted by Crippen LogP contribution is 2.50. The highest BCUT2D eigenvalue weighted by Gasteiger charge is 2.63. The summed E-state index contributed by atoms with van der Waals surface area (Å²) in [6, 6.07) is 0. The Bertz CT molecular complexity index is 622. The number of aliphatic hydroxyl groups excluding tert-OH is 5. The fourth-order valence-electron chi connectivity index (χ4n) is 4.23. The summed E-state index contributed by atoms with van der Waals surface area (Å²) in [5, 5.41) is 60.8. The molecule has 0 amide bonds. The van der Waals surface area contributed by atoms with Crippen LogP contribution in [-0.2, 0) is 23.7 Å². The van der Waals surface area contributed by atoms with Crippen molar-refractivity contribution in [3.8, 4) is 0 Å². The third kappa shape index (κ3) is 3.21. The van der Waals surface area contributed by atoms with Gasteiger partial charge in [0.25, 0.3) is 0 Å². The summed E-state index contributed by atoms with van der Waals surface area (Å²) in [5.41, 5.74) is -2.27. The van der Waals surface area contributed by atoms with Gasteiger partial charge in [-0.1, -0.05) is 6.92 Å². The van der Waals surface area contributed by atoms with Crippen molar-refractivity contribution in [2.45, 2.75) is 62.0 Å². The molecule has 2 heterocycles. The quantitative estimate of drug-likeness (QED) is 0.262. The second kappa shape index (κ2) is 7.84. The largest absolute Gasteiger partial charge is 0.471 e. The SMILES string of the molecule is COC(=O)C1=CO[C@@H](O[C@@H]2O[C@H](CO)[C@@H](O)[C@H](O)[C@H]2O)[C@@H]2[C@@H](C)C[C@H](O)[C@@]12O. The van der Waals surface area contributed by atoms with E-state index in [0.717, 1.165) is 13.4 Å². The van der Waals surface area contributed by atoms with E-state index in [2.05, 4.69) is 4.74 Å². The lowest BCUT2D eigenvalue weighted by Gasteiger charge is -2.45. The maximum Gasteiger partial charge on any atom is 0.339 e. The summed E-state index contributed by atoms with van der Waals surface area (Å²) in [6.07, 6.45) is -9.02. The van der Waals surface area contributed by atoms with Gasteiger partial charge in [-0.15, -0.1) is 0 Å². The maximum absolute atomic E-state index is 12.0. The normalized spacial score (nSPS) is 48.4. The molecule has 160 valence electrons. The van der Waals surface area contributed by atoms with Gasteiger partial charge in [0.05, 0.1) is 32.0 Å². The third-order valence-electron chi connectivity index (χ3n) is 5.79. The van der Waals surface area contributed by atoms with Crippen LogP contribution in [0.5, 0.6) is 0 Å². The molecule has 0 spiro atoms. The summed E-state index contributed by atoms with van der Waals surface area (Å²) in [7, 11) is 1.13. The number of hydrogen-bond acceptors (Lipinski definition) is 11. The molecule has 28 heavy (non-hydrogen) atoms. The Labute approximate surface area is 160 Å². The Kier molecular flexibility index (Phi) is 5.99. The molecule has 1 saturated heterocycles. The molecule has 10 atom stereocenters. The van der Waals surface area contributed by atoms with Crippen LogP contribution in [-0.4, -0.2) is 99.0 Å². The molecule has 0 bridgehead atoms. The summed E-state index contributed by atoms with van der Waals surface area (Å²) in [6.45, 7) is 1.09. The number of aliphatic hydroxyl groups is 6. The molecule has 1 aliphatic carbocycles. The Balaban J connectivity index is 1.87. The van der Waals surface area contributed by atoms with Gasteiger partial charge in [0.1, 0.15) is 35.6 Å². The topological polar surface area (TPSA) is 175 Å². The van der Waals surface area contributed by atoms with Gasteiger partial charge in [-0.05, 0) is 12.3 Å². The summed E-state index contributed by atoms with van der Waals surface area (Å²) in [4.78, 5) is 12.0. The number of rotatable bonds is 4. The number of carbonyl (C=O) groups is 1. The minimum Gasteiger partial charge on any atom is -0.471 e. The van der Waals surface area contributed by atoms with E-state index in [9.17, 15) is 35.4 Å². The first-order valence-corrected chi connectivity index (χ1v) is 8.97. The smallest absolute Gasteiger partial charge is 0.339 e. The number of hydrogen-bond donors (Lipinski definition) is 6. The number of carbonyl (C=O) groups excluding carboxylic acids is 1. The standard InChI is InChI=1S/C17H26O11/c1-6-3-9(19)17(24)7(14(23)25-2)5-26-15(10(6)17)28-16-13(22)12(21)11(20)8(4-18)27-16/h5-6,8-13,15-16,18-22,24H,3-4H2,1-2H3/t6-,8+,9-,10-,11+,12-,13+,15-,16-,17-/m0/s1. The Morgan fingerprint density at radius 1 is 1.21 bits per heavy atom. The molecule has 1 saturated carbocycles. The van der Waals surface area contributed by atoms with Crippen LogP contribution in [0.1, 0.15) is 13.3 Å². The average molecular weight is 406 g/mol. The van der Waals surface area contributed by atoms with Crippen LogP contribution in [0.25, 0.3) is 0 Å². The molecule has 2 fully saturated rings. The van der Waals surface area contributed by atoms with Gasteiger partial charge in [0.2, 0.25) is 6.29 Å². The van der Waals surface area contributed by atoms with Gasteiger partial charge < -0.3 is 49.6 Å². The minimum atomic E-state index is -2.01. The molecule has 2 aliphatic heterocycles. The molecule has 11 heteroatoms. The zero-order valence-corrected chi connectivity index (χ0v) is 15.4. The van der Waals surface area contributed by atoms with Crippen LogP contribution in [0.3, 0.4) is 0 Å². The molecule has 6 N–H and O–H groups in total. The fourth-order valence-corrected chi connectivity index (χ4v) is 4.23. The number of fused-ring (bicyclic) bond motifs is 1. The summed E-state index contributed by atoms with van der Waals surface area (Å²) < 4.78 is 21.0. The predicted octanol–water partition coefficient (Wildman–Crippen LogP) is -3.04. The third-order valence-corrected chi connectivity index (χ3v) is 5.79. The van der Waals surface area contributed by atoms with Crippen molar-refractivity contribution >= 4 is 5.97 Å². The lowest BCUT2D eigenvalue weighted by atomic mass is 9.78. The molecular formula is C17H26O11. The Hall–Kier alpha value is -1.31. The van der Waals surface area contributed by atoms with Gasteiger partial charge in [0.15, 0.2) is 6.29 Å². The number of methoxy groups -OCH3 is 1. The maximum atomic E-state index is 12.0. The highest BCUT2D eigenvalue weighted by molar-refractivity contribution is 5.91. The van der Waals surface area contributed by atoms with Gasteiger partial charge in [-0.2, -0.15) is 0 Å². The van der Waals surface area contributed by atoms with E-state index in [1.807, 2.05) is 0 Å². The molecule has 0 unspecified atom stereocenters. The van der Waals surface area contributed by atoms with Gasteiger partial charge in [-0.25, -0.2) is 4.79 Å². The van der Waals surface area contributed by atoms with Gasteiger partial charge in [0, 0.05) is 0 Å². The summed E-state index contributed by atoms with van der Waals surface area (Å²) in [5.74, 6) is -2.15. The van der Waals surface area contributed by atoms with E-state index in [4.69, 9.17) is 14.2 Å². The molecule has 0 radical (unpaired) electrons. The van der Waals surface area contributed by atoms with Crippen LogP contribution < -0.4 is 0 Å². The van der Waals surface area contributed by atoms with Crippen molar-refractivity contribution in [1.82, 2.24) is 0 Å². The van der Waals surface area contributed by atoms with Gasteiger partial charge >= 0.3 is 5.97 Å². The first-order valence-electron chi connectivity index (χ1n) is 8.97. The first-order chi connectivity index (χ1) is 13.2. The van der Waals surface area contributed by atoms with E-state index in [1.165, 1.54) is 0 Å². The highest BCUT2D eigenvalue weighted by atomic mass is 16.8. The van der Waals surface area contributed by atoms with Crippen LogP contribution >= 0.6 is 0 Å². The Morgan fingerprint density at radius 2 is 1.89 bits per heavy atom. The fraction of sp³-hybridized carbons (Fsp3) is 0.824. The molecule has 3 aliphatic rings. The lowest BCUT2D eigenvalue weighted by Crippen LogP contribution is -2.61. The Morgan fingerprint density at radius 3 is 2.50 bits per heavy atom. The molecule has 0 aromatic heterocycles. The van der Waals surface area contributed by atoms with Crippen LogP contribution in [0, 0.1) is 11.8 Å². The second-order valence-electron chi connectivity index (χ2n) is 7.44. The first kappa shape index (κ1) is 21.4. The zero-order chi connectivity index (χ0) is 20.8. The van der Waals surface area contributed by atoms with E-state index >= 15 is 0 Å². The monoisotopic (exact) mass is 406 g/mol. The van der Waals surface area contributed by atoms with Crippen molar-refractivity contribution in [3.63, 3.8) is 0 Å². The average Bonchev–Trinajstić information content (AvgIpc) is 2.91. The second-order valence-corrected chi connectivity index (χ2v) is 7.44.